The van der Waals surface area contributed by atoms with Crippen molar-refractivity contribution < 1.29 is 9.21 Å². The predicted octanol–water partition coefficient (Wildman–Crippen LogP) is 3.93. The van der Waals surface area contributed by atoms with Gasteiger partial charge in [-0.3, -0.25) is 4.79 Å². The highest BCUT2D eigenvalue weighted by Crippen LogP contribution is 2.24. The highest BCUT2D eigenvalue weighted by molar-refractivity contribution is 5.85. The second kappa shape index (κ2) is 12.0. The number of hydrogen-bond donors (Lipinski definition) is 2. The minimum Gasteiger partial charge on any atom is -0.440 e. The Bertz CT molecular complexity index is 686. The summed E-state index contributed by atoms with van der Waals surface area (Å²) in [5.74, 6) is 2.18. The van der Waals surface area contributed by atoms with E-state index in [1.165, 1.54) is 12.8 Å². The molecule has 27 heavy (non-hydrogen) atoms. The third kappa shape index (κ3) is 7.17. The average Bonchev–Trinajstić information content (AvgIpc) is 3.02. The average molecular weight is 414 g/mol. The van der Waals surface area contributed by atoms with Crippen LogP contribution < -0.4 is 10.6 Å². The van der Waals surface area contributed by atoms with E-state index in [-0.39, 0.29) is 30.7 Å². The molecule has 0 saturated carbocycles. The summed E-state index contributed by atoms with van der Waals surface area (Å²) < 4.78 is 5.85. The van der Waals surface area contributed by atoms with Crippen LogP contribution in [0.4, 0.5) is 0 Å². The molecule has 3 rings (SSSR count). The number of aromatic nitrogens is 1. The molecule has 1 saturated heterocycles. The number of nitrogens with zero attached hydrogens (tertiary/aromatic N) is 1. The SMILES string of the molecule is Cc1nc(CCC(=O)NCCC2CCCNC2)oc1-c1ccccc1.Cl.Cl. The van der Waals surface area contributed by atoms with Crippen molar-refractivity contribution in [2.75, 3.05) is 19.6 Å². The number of rotatable bonds is 7. The Morgan fingerprint density at radius 1 is 1.30 bits per heavy atom. The van der Waals surface area contributed by atoms with Gasteiger partial charge in [-0.25, -0.2) is 4.98 Å². The van der Waals surface area contributed by atoms with E-state index in [1.54, 1.807) is 0 Å². The van der Waals surface area contributed by atoms with Crippen LogP contribution in [0.25, 0.3) is 11.3 Å². The molecule has 1 unspecified atom stereocenters. The molecule has 1 aliphatic heterocycles. The number of halogens is 2. The topological polar surface area (TPSA) is 67.2 Å². The van der Waals surface area contributed by atoms with Gasteiger partial charge in [0, 0.05) is 24.9 Å². The molecule has 0 spiro atoms. The Labute approximate surface area is 173 Å². The van der Waals surface area contributed by atoms with Gasteiger partial charge >= 0.3 is 0 Å². The van der Waals surface area contributed by atoms with Crippen LogP contribution in [-0.4, -0.2) is 30.5 Å². The van der Waals surface area contributed by atoms with Gasteiger partial charge in [0.1, 0.15) is 0 Å². The first-order chi connectivity index (χ1) is 12.2. The zero-order chi connectivity index (χ0) is 17.5. The molecular formula is C20H29Cl2N3O2. The van der Waals surface area contributed by atoms with Gasteiger partial charge in [0.15, 0.2) is 11.7 Å². The first kappa shape index (κ1) is 23.5. The number of nitrogens with one attached hydrogen (secondary N) is 2. The van der Waals surface area contributed by atoms with Crippen LogP contribution in [0, 0.1) is 12.8 Å². The van der Waals surface area contributed by atoms with Gasteiger partial charge in [-0.05, 0) is 45.2 Å². The van der Waals surface area contributed by atoms with Crippen LogP contribution >= 0.6 is 24.8 Å². The number of aryl methyl sites for hydroxylation is 2. The molecule has 1 aliphatic rings. The lowest BCUT2D eigenvalue weighted by Gasteiger charge is -2.22. The monoisotopic (exact) mass is 413 g/mol. The second-order valence-electron chi connectivity index (χ2n) is 6.74. The third-order valence-corrected chi connectivity index (χ3v) is 4.72. The number of piperidine rings is 1. The molecule has 2 heterocycles. The lowest BCUT2D eigenvalue weighted by atomic mass is 9.96. The summed E-state index contributed by atoms with van der Waals surface area (Å²) in [6, 6.07) is 9.94. The Kier molecular flexibility index (Phi) is 10.4. The standard InChI is InChI=1S/C20H27N3O2.2ClH/c1-15-20(17-7-3-2-4-8-17)25-19(23-15)10-9-18(24)22-13-11-16-6-5-12-21-14-16;;/h2-4,7-8,16,21H,5-6,9-14H2,1H3,(H,22,24);2*1H. The molecule has 0 bridgehead atoms. The van der Waals surface area contributed by atoms with Gasteiger partial charge in [-0.1, -0.05) is 30.3 Å². The fourth-order valence-electron chi connectivity index (χ4n) is 3.31. The van der Waals surface area contributed by atoms with Crippen LogP contribution in [-0.2, 0) is 11.2 Å². The van der Waals surface area contributed by atoms with Gasteiger partial charge in [-0.15, -0.1) is 24.8 Å². The molecule has 1 atom stereocenters. The zero-order valence-corrected chi connectivity index (χ0v) is 17.3. The summed E-state index contributed by atoms with van der Waals surface area (Å²) in [4.78, 5) is 16.5. The largest absolute Gasteiger partial charge is 0.440 e. The maximum atomic E-state index is 12.0. The number of carbonyl (C=O) groups is 1. The number of carbonyl (C=O) groups excluding carboxylic acids is 1. The molecule has 7 heteroatoms. The summed E-state index contributed by atoms with van der Waals surface area (Å²) in [5, 5.41) is 6.42. The Morgan fingerprint density at radius 3 is 2.78 bits per heavy atom. The predicted molar refractivity (Wildman–Crippen MR) is 113 cm³/mol. The maximum Gasteiger partial charge on any atom is 0.220 e. The quantitative estimate of drug-likeness (QED) is 0.721. The lowest BCUT2D eigenvalue weighted by molar-refractivity contribution is -0.121. The number of oxazole rings is 1. The third-order valence-electron chi connectivity index (χ3n) is 4.72. The highest BCUT2D eigenvalue weighted by Gasteiger charge is 2.14. The fourth-order valence-corrected chi connectivity index (χ4v) is 3.31. The first-order valence-electron chi connectivity index (χ1n) is 9.21. The van der Waals surface area contributed by atoms with Crippen molar-refractivity contribution in [2.24, 2.45) is 5.92 Å². The maximum absolute atomic E-state index is 12.0. The highest BCUT2D eigenvalue weighted by atomic mass is 35.5. The van der Waals surface area contributed by atoms with E-state index < -0.39 is 0 Å². The summed E-state index contributed by atoms with van der Waals surface area (Å²) in [7, 11) is 0. The van der Waals surface area contributed by atoms with Crippen LogP contribution in [0.1, 0.15) is 37.3 Å². The Morgan fingerprint density at radius 2 is 2.07 bits per heavy atom. The van der Waals surface area contributed by atoms with Crippen molar-refractivity contribution in [1.29, 1.82) is 0 Å². The molecule has 150 valence electrons. The van der Waals surface area contributed by atoms with Crippen molar-refractivity contribution in [1.82, 2.24) is 15.6 Å². The fraction of sp³-hybridized carbons (Fsp3) is 0.500. The van der Waals surface area contributed by atoms with Crippen LogP contribution in [0.15, 0.2) is 34.7 Å². The van der Waals surface area contributed by atoms with E-state index in [0.717, 1.165) is 43.1 Å². The van der Waals surface area contributed by atoms with Crippen molar-refractivity contribution in [2.45, 2.75) is 39.0 Å². The molecular weight excluding hydrogens is 385 g/mol. The van der Waals surface area contributed by atoms with Gasteiger partial charge in [0.25, 0.3) is 0 Å². The van der Waals surface area contributed by atoms with E-state index in [4.69, 9.17) is 4.42 Å². The van der Waals surface area contributed by atoms with Gasteiger partial charge in [0.05, 0.1) is 5.69 Å². The molecule has 2 N–H and O–H groups in total. The number of amides is 1. The number of hydrogen-bond acceptors (Lipinski definition) is 4. The molecule has 2 aromatic rings. The van der Waals surface area contributed by atoms with E-state index in [9.17, 15) is 4.79 Å². The van der Waals surface area contributed by atoms with Crippen molar-refractivity contribution in [3.63, 3.8) is 0 Å². The van der Waals surface area contributed by atoms with E-state index in [2.05, 4.69) is 15.6 Å². The van der Waals surface area contributed by atoms with Crippen LogP contribution in [0.5, 0.6) is 0 Å². The molecule has 1 aromatic heterocycles. The van der Waals surface area contributed by atoms with Crippen LogP contribution in [0.3, 0.4) is 0 Å². The summed E-state index contributed by atoms with van der Waals surface area (Å²) in [6.45, 7) is 4.90. The lowest BCUT2D eigenvalue weighted by Crippen LogP contribution is -2.33. The molecule has 0 aliphatic carbocycles. The smallest absolute Gasteiger partial charge is 0.220 e. The van der Waals surface area contributed by atoms with Crippen molar-refractivity contribution in [3.8, 4) is 11.3 Å². The minimum absolute atomic E-state index is 0. The summed E-state index contributed by atoms with van der Waals surface area (Å²) in [6.07, 6.45) is 4.50. The van der Waals surface area contributed by atoms with E-state index in [1.807, 2.05) is 37.3 Å². The van der Waals surface area contributed by atoms with E-state index in [0.29, 0.717) is 24.7 Å². The normalized spacial score (nSPS) is 16.1. The summed E-state index contributed by atoms with van der Waals surface area (Å²) in [5.41, 5.74) is 1.88. The molecule has 1 fully saturated rings. The van der Waals surface area contributed by atoms with Crippen molar-refractivity contribution >= 4 is 30.7 Å². The van der Waals surface area contributed by atoms with Gasteiger partial charge in [-0.2, -0.15) is 0 Å². The Hall–Kier alpha value is -1.56. The Balaban J connectivity index is 0.00000182. The zero-order valence-electron chi connectivity index (χ0n) is 15.7. The summed E-state index contributed by atoms with van der Waals surface area (Å²) >= 11 is 0. The molecule has 1 amide bonds. The van der Waals surface area contributed by atoms with Crippen molar-refractivity contribution in [3.05, 3.63) is 41.9 Å². The van der Waals surface area contributed by atoms with Gasteiger partial charge in [0.2, 0.25) is 5.91 Å². The minimum atomic E-state index is 0. The first-order valence-corrected chi connectivity index (χ1v) is 9.21. The van der Waals surface area contributed by atoms with E-state index >= 15 is 0 Å². The molecule has 5 nitrogen and oxygen atoms in total. The molecule has 0 radical (unpaired) electrons. The number of benzene rings is 1. The second-order valence-corrected chi connectivity index (χ2v) is 6.74. The van der Waals surface area contributed by atoms with Gasteiger partial charge < -0.3 is 15.1 Å². The molecule has 1 aromatic carbocycles. The van der Waals surface area contributed by atoms with Crippen LogP contribution in [0.2, 0.25) is 0 Å².